The summed E-state index contributed by atoms with van der Waals surface area (Å²) in [5.41, 5.74) is 5.52. The van der Waals surface area contributed by atoms with Gasteiger partial charge in [0.2, 0.25) is 0 Å². The molecule has 2 N–H and O–H groups in total. The highest BCUT2D eigenvalue weighted by Crippen LogP contribution is 2.16. The third-order valence-corrected chi connectivity index (χ3v) is 2.98. The number of hydrogen-bond acceptors (Lipinski definition) is 3. The largest absolute Gasteiger partial charge is 0.368 e. The van der Waals surface area contributed by atoms with E-state index < -0.39 is 0 Å². The molecule has 1 atom stereocenters. The maximum Gasteiger partial charge on any atom is 0.251 e. The zero-order valence-electron chi connectivity index (χ0n) is 11.2. The van der Waals surface area contributed by atoms with Gasteiger partial charge in [0, 0.05) is 19.7 Å². The minimum atomic E-state index is -0.208. The van der Waals surface area contributed by atoms with E-state index in [1.807, 2.05) is 4.90 Å². The van der Waals surface area contributed by atoms with Crippen LogP contribution >= 0.6 is 0 Å². The normalized spacial score (nSPS) is 20.6. The first-order valence-corrected chi connectivity index (χ1v) is 6.75. The van der Waals surface area contributed by atoms with Crippen LogP contribution in [0.5, 0.6) is 0 Å². The SMILES string of the molecule is CC(C)CN(CCCN)C(=O)C1CCCCO1. The molecule has 1 aliphatic heterocycles. The highest BCUT2D eigenvalue weighted by molar-refractivity contribution is 5.81. The van der Waals surface area contributed by atoms with Crippen molar-refractivity contribution < 1.29 is 9.53 Å². The van der Waals surface area contributed by atoms with Crippen molar-refractivity contribution >= 4 is 5.91 Å². The number of carbonyl (C=O) groups excluding carboxylic acids is 1. The molecule has 1 rings (SSSR count). The van der Waals surface area contributed by atoms with Crippen LogP contribution in [0.15, 0.2) is 0 Å². The Kier molecular flexibility index (Phi) is 6.52. The Morgan fingerprint density at radius 2 is 2.24 bits per heavy atom. The summed E-state index contributed by atoms with van der Waals surface area (Å²) >= 11 is 0. The van der Waals surface area contributed by atoms with E-state index in [-0.39, 0.29) is 12.0 Å². The summed E-state index contributed by atoms with van der Waals surface area (Å²) in [5, 5.41) is 0. The van der Waals surface area contributed by atoms with Crippen LogP contribution in [-0.2, 0) is 9.53 Å². The summed E-state index contributed by atoms with van der Waals surface area (Å²) in [6.07, 6.45) is 3.71. The maximum absolute atomic E-state index is 12.3. The molecular formula is C13H26N2O2. The van der Waals surface area contributed by atoms with Crippen LogP contribution in [-0.4, -0.2) is 43.2 Å². The average Bonchev–Trinajstić information content (AvgIpc) is 2.34. The van der Waals surface area contributed by atoms with Crippen LogP contribution in [0.1, 0.15) is 39.5 Å². The number of nitrogens with two attached hydrogens (primary N) is 1. The van der Waals surface area contributed by atoms with Gasteiger partial charge in [0.25, 0.3) is 5.91 Å². The Hall–Kier alpha value is -0.610. The second-order valence-corrected chi connectivity index (χ2v) is 5.18. The first-order chi connectivity index (χ1) is 8.15. The number of amides is 1. The monoisotopic (exact) mass is 242 g/mol. The number of carbonyl (C=O) groups is 1. The number of hydrogen-bond donors (Lipinski definition) is 1. The molecule has 0 saturated carbocycles. The van der Waals surface area contributed by atoms with E-state index in [1.165, 1.54) is 0 Å². The molecule has 1 aliphatic rings. The van der Waals surface area contributed by atoms with E-state index in [0.717, 1.165) is 45.4 Å². The van der Waals surface area contributed by atoms with Crippen molar-refractivity contribution in [3.05, 3.63) is 0 Å². The van der Waals surface area contributed by atoms with Crippen molar-refractivity contribution in [2.75, 3.05) is 26.2 Å². The number of rotatable bonds is 6. The Bertz CT molecular complexity index is 225. The molecule has 1 amide bonds. The van der Waals surface area contributed by atoms with E-state index in [0.29, 0.717) is 12.5 Å². The summed E-state index contributed by atoms with van der Waals surface area (Å²) in [4.78, 5) is 14.2. The number of nitrogens with zero attached hydrogens (tertiary/aromatic N) is 1. The van der Waals surface area contributed by atoms with Crippen molar-refractivity contribution in [1.29, 1.82) is 0 Å². The lowest BCUT2D eigenvalue weighted by atomic mass is 10.1. The first kappa shape index (κ1) is 14.5. The predicted molar refractivity (Wildman–Crippen MR) is 68.7 cm³/mol. The van der Waals surface area contributed by atoms with Gasteiger partial charge in [0.15, 0.2) is 0 Å². The topological polar surface area (TPSA) is 55.6 Å². The molecule has 0 aliphatic carbocycles. The van der Waals surface area contributed by atoms with Crippen LogP contribution in [0, 0.1) is 5.92 Å². The lowest BCUT2D eigenvalue weighted by Crippen LogP contribution is -2.44. The van der Waals surface area contributed by atoms with Gasteiger partial charge in [-0.2, -0.15) is 0 Å². The van der Waals surface area contributed by atoms with E-state index in [4.69, 9.17) is 10.5 Å². The summed E-state index contributed by atoms with van der Waals surface area (Å²) in [5.74, 6) is 0.646. The van der Waals surface area contributed by atoms with Crippen LogP contribution in [0.2, 0.25) is 0 Å². The molecule has 4 heteroatoms. The Morgan fingerprint density at radius 1 is 1.47 bits per heavy atom. The Labute approximate surface area is 104 Å². The fraction of sp³-hybridized carbons (Fsp3) is 0.923. The molecule has 1 unspecified atom stereocenters. The second-order valence-electron chi connectivity index (χ2n) is 5.18. The molecule has 0 aromatic carbocycles. The smallest absolute Gasteiger partial charge is 0.251 e. The molecule has 1 saturated heterocycles. The van der Waals surface area contributed by atoms with Gasteiger partial charge in [-0.05, 0) is 38.1 Å². The van der Waals surface area contributed by atoms with Gasteiger partial charge >= 0.3 is 0 Å². The van der Waals surface area contributed by atoms with Crippen LogP contribution in [0.25, 0.3) is 0 Å². The number of ether oxygens (including phenoxy) is 1. The summed E-state index contributed by atoms with van der Waals surface area (Å²) in [6, 6.07) is 0. The fourth-order valence-electron chi connectivity index (χ4n) is 2.15. The molecule has 0 aromatic rings. The van der Waals surface area contributed by atoms with Gasteiger partial charge in [-0.25, -0.2) is 0 Å². The third-order valence-electron chi connectivity index (χ3n) is 2.98. The van der Waals surface area contributed by atoms with E-state index >= 15 is 0 Å². The predicted octanol–water partition coefficient (Wildman–Crippen LogP) is 1.39. The molecule has 4 nitrogen and oxygen atoms in total. The maximum atomic E-state index is 12.3. The molecule has 1 heterocycles. The van der Waals surface area contributed by atoms with E-state index in [1.54, 1.807) is 0 Å². The van der Waals surface area contributed by atoms with Gasteiger partial charge < -0.3 is 15.4 Å². The molecule has 0 radical (unpaired) electrons. The van der Waals surface area contributed by atoms with Crippen molar-refractivity contribution in [2.24, 2.45) is 11.7 Å². The quantitative estimate of drug-likeness (QED) is 0.765. The molecule has 100 valence electrons. The van der Waals surface area contributed by atoms with Crippen molar-refractivity contribution in [2.45, 2.75) is 45.6 Å². The molecule has 0 aromatic heterocycles. The molecule has 1 fully saturated rings. The van der Waals surface area contributed by atoms with Crippen molar-refractivity contribution in [3.63, 3.8) is 0 Å². The lowest BCUT2D eigenvalue weighted by molar-refractivity contribution is -0.147. The van der Waals surface area contributed by atoms with Gasteiger partial charge in [-0.15, -0.1) is 0 Å². The van der Waals surface area contributed by atoms with Crippen LogP contribution in [0.4, 0.5) is 0 Å². The molecule has 0 bridgehead atoms. The molecular weight excluding hydrogens is 216 g/mol. The highest BCUT2D eigenvalue weighted by Gasteiger charge is 2.26. The lowest BCUT2D eigenvalue weighted by Gasteiger charge is -2.30. The highest BCUT2D eigenvalue weighted by atomic mass is 16.5. The molecule has 17 heavy (non-hydrogen) atoms. The average molecular weight is 242 g/mol. The Balaban J connectivity index is 2.50. The minimum Gasteiger partial charge on any atom is -0.368 e. The standard InChI is InChI=1S/C13H26N2O2/c1-11(2)10-15(8-5-7-14)13(16)12-6-3-4-9-17-12/h11-12H,3-10,14H2,1-2H3. The van der Waals surface area contributed by atoms with E-state index in [9.17, 15) is 4.79 Å². The molecule has 0 spiro atoms. The van der Waals surface area contributed by atoms with Crippen LogP contribution < -0.4 is 5.73 Å². The third kappa shape index (κ3) is 5.04. The summed E-state index contributed by atoms with van der Waals surface area (Å²) in [7, 11) is 0. The Morgan fingerprint density at radius 3 is 2.76 bits per heavy atom. The summed E-state index contributed by atoms with van der Waals surface area (Å²) < 4.78 is 5.56. The van der Waals surface area contributed by atoms with Gasteiger partial charge in [0.1, 0.15) is 6.10 Å². The van der Waals surface area contributed by atoms with Gasteiger partial charge in [-0.3, -0.25) is 4.79 Å². The van der Waals surface area contributed by atoms with Crippen LogP contribution in [0.3, 0.4) is 0 Å². The fourth-order valence-corrected chi connectivity index (χ4v) is 2.15. The second kappa shape index (κ2) is 7.67. The minimum absolute atomic E-state index is 0.159. The summed E-state index contributed by atoms with van der Waals surface area (Å²) in [6.45, 7) is 7.18. The zero-order chi connectivity index (χ0) is 12.7. The van der Waals surface area contributed by atoms with Crippen molar-refractivity contribution in [1.82, 2.24) is 4.90 Å². The zero-order valence-corrected chi connectivity index (χ0v) is 11.2. The van der Waals surface area contributed by atoms with Crippen molar-refractivity contribution in [3.8, 4) is 0 Å². The van der Waals surface area contributed by atoms with Gasteiger partial charge in [-0.1, -0.05) is 13.8 Å². The first-order valence-electron chi connectivity index (χ1n) is 6.75. The van der Waals surface area contributed by atoms with E-state index in [2.05, 4.69) is 13.8 Å². The van der Waals surface area contributed by atoms with Gasteiger partial charge in [0.05, 0.1) is 0 Å².